The molecule has 0 heterocycles. The number of carboxylic acid groups (broad SMARTS) is 1. The molecule has 1 rings (SSSR count). The van der Waals surface area contributed by atoms with Crippen LogP contribution in [-0.2, 0) is 4.79 Å². The van der Waals surface area contributed by atoms with Crippen molar-refractivity contribution in [2.24, 2.45) is 5.92 Å². The van der Waals surface area contributed by atoms with Crippen molar-refractivity contribution in [1.82, 2.24) is 5.32 Å². The molecule has 0 aliphatic heterocycles. The monoisotopic (exact) mass is 231 g/mol. The van der Waals surface area contributed by atoms with Gasteiger partial charge in [-0.15, -0.1) is 0 Å². The molecule has 0 radical (unpaired) electrons. The van der Waals surface area contributed by atoms with Gasteiger partial charge in [-0.05, 0) is 38.5 Å². The number of nitrogens with one attached hydrogen (secondary N) is 1. The Labute approximate surface area is 96.0 Å². The van der Waals surface area contributed by atoms with E-state index in [-0.39, 0.29) is 0 Å². The van der Waals surface area contributed by atoms with E-state index in [1.165, 1.54) is 25.7 Å². The van der Waals surface area contributed by atoms with E-state index >= 15 is 0 Å². The second-order valence-corrected chi connectivity index (χ2v) is 5.58. The number of carboxylic acids is 1. The first-order valence-electron chi connectivity index (χ1n) is 5.58. The summed E-state index contributed by atoms with van der Waals surface area (Å²) < 4.78 is 0. The Kier molecular flexibility index (Phi) is 4.93. The fourth-order valence-electron chi connectivity index (χ4n) is 1.85. The van der Waals surface area contributed by atoms with Crippen LogP contribution < -0.4 is 5.32 Å². The van der Waals surface area contributed by atoms with Gasteiger partial charge in [0, 0.05) is 5.75 Å². The maximum atomic E-state index is 11.0. The molecule has 1 aliphatic rings. The van der Waals surface area contributed by atoms with Gasteiger partial charge in [-0.3, -0.25) is 4.79 Å². The summed E-state index contributed by atoms with van der Waals surface area (Å²) in [6.45, 7) is 1.75. The quantitative estimate of drug-likeness (QED) is 0.734. The van der Waals surface area contributed by atoms with Crippen LogP contribution >= 0.6 is 11.8 Å². The van der Waals surface area contributed by atoms with Crippen molar-refractivity contribution in [1.29, 1.82) is 0 Å². The molecule has 3 nitrogen and oxygen atoms in total. The van der Waals surface area contributed by atoms with Crippen molar-refractivity contribution < 1.29 is 9.90 Å². The lowest BCUT2D eigenvalue weighted by Crippen LogP contribution is -2.49. The van der Waals surface area contributed by atoms with Crippen molar-refractivity contribution in [3.05, 3.63) is 0 Å². The van der Waals surface area contributed by atoms with Crippen LogP contribution in [0.1, 0.15) is 32.6 Å². The second-order valence-electron chi connectivity index (χ2n) is 4.55. The van der Waals surface area contributed by atoms with Crippen LogP contribution in [-0.4, -0.2) is 35.2 Å². The molecule has 0 aromatic carbocycles. The van der Waals surface area contributed by atoms with E-state index < -0.39 is 11.5 Å². The molecular formula is C11H21NO2S. The summed E-state index contributed by atoms with van der Waals surface area (Å²) in [4.78, 5) is 11.0. The topological polar surface area (TPSA) is 49.3 Å². The minimum absolute atomic E-state index is 0.648. The molecule has 0 saturated heterocycles. The Bertz CT molecular complexity index is 217. The number of rotatable bonds is 6. The van der Waals surface area contributed by atoms with Gasteiger partial charge >= 0.3 is 5.97 Å². The third-order valence-electron chi connectivity index (χ3n) is 3.24. The van der Waals surface area contributed by atoms with E-state index in [9.17, 15) is 4.79 Å². The standard InChI is InChI=1S/C11H21NO2S/c1-11(12-2,10(13)14)8-15-7-9-5-3-4-6-9/h9,12H,3-8H2,1-2H3,(H,13,14). The number of likely N-dealkylation sites (N-methyl/N-ethyl adjacent to an activating group) is 1. The molecule has 2 N–H and O–H groups in total. The fourth-order valence-corrected chi connectivity index (χ4v) is 3.31. The third kappa shape index (κ3) is 3.68. The highest BCUT2D eigenvalue weighted by Crippen LogP contribution is 2.28. The molecule has 1 aliphatic carbocycles. The maximum Gasteiger partial charge on any atom is 0.324 e. The normalized spacial score (nSPS) is 21.5. The number of hydrogen-bond donors (Lipinski definition) is 2. The Hall–Kier alpha value is -0.220. The molecule has 1 unspecified atom stereocenters. The van der Waals surface area contributed by atoms with Gasteiger partial charge in [0.2, 0.25) is 0 Å². The highest BCUT2D eigenvalue weighted by molar-refractivity contribution is 7.99. The predicted molar refractivity (Wildman–Crippen MR) is 64.4 cm³/mol. The van der Waals surface area contributed by atoms with Crippen molar-refractivity contribution in [2.75, 3.05) is 18.6 Å². The summed E-state index contributed by atoms with van der Waals surface area (Å²) in [6, 6.07) is 0. The average molecular weight is 231 g/mol. The van der Waals surface area contributed by atoms with Gasteiger partial charge in [-0.2, -0.15) is 11.8 Å². The molecule has 0 amide bonds. The van der Waals surface area contributed by atoms with E-state index in [2.05, 4.69) is 5.32 Å². The van der Waals surface area contributed by atoms with Crippen LogP contribution in [0.25, 0.3) is 0 Å². The largest absolute Gasteiger partial charge is 0.480 e. The van der Waals surface area contributed by atoms with Crippen LogP contribution in [0.5, 0.6) is 0 Å². The van der Waals surface area contributed by atoms with E-state index in [0.717, 1.165) is 11.7 Å². The lowest BCUT2D eigenvalue weighted by atomic mass is 10.1. The summed E-state index contributed by atoms with van der Waals surface area (Å²) in [5.74, 6) is 1.83. The lowest BCUT2D eigenvalue weighted by molar-refractivity contribution is -0.142. The third-order valence-corrected chi connectivity index (χ3v) is 4.73. The van der Waals surface area contributed by atoms with Crippen molar-refractivity contribution in [2.45, 2.75) is 38.1 Å². The van der Waals surface area contributed by atoms with Gasteiger partial charge in [0.25, 0.3) is 0 Å². The SMILES string of the molecule is CNC(C)(CSCC1CCCC1)C(=O)O. The van der Waals surface area contributed by atoms with Gasteiger partial charge in [-0.25, -0.2) is 0 Å². The first kappa shape index (κ1) is 12.8. The number of aliphatic carboxylic acids is 1. The highest BCUT2D eigenvalue weighted by Gasteiger charge is 2.31. The molecule has 0 spiro atoms. The summed E-state index contributed by atoms with van der Waals surface area (Å²) in [5, 5.41) is 11.9. The smallest absolute Gasteiger partial charge is 0.324 e. The second kappa shape index (κ2) is 5.75. The molecule has 0 bridgehead atoms. The zero-order chi connectivity index (χ0) is 11.3. The van der Waals surface area contributed by atoms with E-state index in [4.69, 9.17) is 5.11 Å². The molecule has 88 valence electrons. The minimum Gasteiger partial charge on any atom is -0.480 e. The predicted octanol–water partition coefficient (Wildman–Crippen LogP) is 1.97. The van der Waals surface area contributed by atoms with E-state index in [0.29, 0.717) is 5.75 Å². The Balaban J connectivity index is 2.25. The van der Waals surface area contributed by atoms with Crippen molar-refractivity contribution in [3.63, 3.8) is 0 Å². The minimum atomic E-state index is -0.775. The fraction of sp³-hybridized carbons (Fsp3) is 0.909. The zero-order valence-electron chi connectivity index (χ0n) is 9.58. The molecule has 0 aromatic heterocycles. The van der Waals surface area contributed by atoms with Crippen LogP contribution in [0.3, 0.4) is 0 Å². The summed E-state index contributed by atoms with van der Waals surface area (Å²) in [5.41, 5.74) is -0.775. The molecular weight excluding hydrogens is 210 g/mol. The molecule has 0 aromatic rings. The molecule has 15 heavy (non-hydrogen) atoms. The van der Waals surface area contributed by atoms with Gasteiger partial charge in [0.05, 0.1) is 0 Å². The maximum absolute atomic E-state index is 11.0. The van der Waals surface area contributed by atoms with Crippen LogP contribution in [0.4, 0.5) is 0 Å². The molecule has 4 heteroatoms. The van der Waals surface area contributed by atoms with E-state index in [1.807, 2.05) is 0 Å². The van der Waals surface area contributed by atoms with Gasteiger partial charge in [-0.1, -0.05) is 12.8 Å². The average Bonchev–Trinajstić information content (AvgIpc) is 2.70. The van der Waals surface area contributed by atoms with Gasteiger partial charge in [0.15, 0.2) is 0 Å². The Morgan fingerprint density at radius 1 is 1.53 bits per heavy atom. The number of thioether (sulfide) groups is 1. The van der Waals surface area contributed by atoms with Crippen molar-refractivity contribution in [3.8, 4) is 0 Å². The van der Waals surface area contributed by atoms with Crippen LogP contribution in [0, 0.1) is 5.92 Å². The number of carbonyl (C=O) groups is 1. The molecule has 1 fully saturated rings. The Morgan fingerprint density at radius 2 is 2.13 bits per heavy atom. The first-order chi connectivity index (χ1) is 7.08. The Morgan fingerprint density at radius 3 is 2.60 bits per heavy atom. The summed E-state index contributed by atoms with van der Waals surface area (Å²) in [6.07, 6.45) is 5.37. The van der Waals surface area contributed by atoms with E-state index in [1.54, 1.807) is 25.7 Å². The van der Waals surface area contributed by atoms with Crippen LogP contribution in [0.2, 0.25) is 0 Å². The number of hydrogen-bond acceptors (Lipinski definition) is 3. The van der Waals surface area contributed by atoms with Crippen LogP contribution in [0.15, 0.2) is 0 Å². The molecule has 1 atom stereocenters. The summed E-state index contributed by atoms with van der Waals surface area (Å²) >= 11 is 1.77. The van der Waals surface area contributed by atoms with Crippen molar-refractivity contribution >= 4 is 17.7 Å². The van der Waals surface area contributed by atoms with Gasteiger partial charge < -0.3 is 10.4 Å². The zero-order valence-corrected chi connectivity index (χ0v) is 10.4. The first-order valence-corrected chi connectivity index (χ1v) is 6.74. The van der Waals surface area contributed by atoms with Gasteiger partial charge in [0.1, 0.15) is 5.54 Å². The highest BCUT2D eigenvalue weighted by atomic mass is 32.2. The molecule has 1 saturated carbocycles. The summed E-state index contributed by atoms with van der Waals surface area (Å²) in [7, 11) is 1.71. The lowest BCUT2D eigenvalue weighted by Gasteiger charge is -2.24.